The molecule has 20 heavy (non-hydrogen) atoms. The zero-order valence-corrected chi connectivity index (χ0v) is 12.2. The lowest BCUT2D eigenvalue weighted by Gasteiger charge is -2.54. The lowest BCUT2D eigenvalue weighted by Crippen LogP contribution is -2.44. The molecule has 0 aromatic heterocycles. The molecular formula is C16H19O3S. The summed E-state index contributed by atoms with van der Waals surface area (Å²) in [6, 6.07) is 6.89. The Labute approximate surface area is 120 Å². The second-order valence-corrected chi connectivity index (χ2v) is 8.30. The van der Waals surface area contributed by atoms with Gasteiger partial charge < -0.3 is 0 Å². The lowest BCUT2D eigenvalue weighted by atomic mass is 9.51. The maximum absolute atomic E-state index is 11.5. The highest BCUT2D eigenvalue weighted by Crippen LogP contribution is 2.60. The van der Waals surface area contributed by atoms with Crippen LogP contribution in [0.2, 0.25) is 0 Å². The zero-order chi connectivity index (χ0) is 13.9. The molecule has 4 heteroatoms. The van der Waals surface area contributed by atoms with E-state index in [1.807, 2.05) is 12.1 Å². The number of hydrogen-bond acceptors (Lipinski definition) is 2. The minimum absolute atomic E-state index is 0.0254. The highest BCUT2D eigenvalue weighted by atomic mass is 32.2. The largest absolute Gasteiger partial charge is 0.324 e. The van der Waals surface area contributed by atoms with E-state index in [-0.39, 0.29) is 4.90 Å². The minimum Gasteiger partial charge on any atom is -0.192 e. The van der Waals surface area contributed by atoms with Crippen LogP contribution in [-0.4, -0.2) is 8.42 Å². The Hall–Kier alpha value is -0.870. The van der Waals surface area contributed by atoms with Crippen molar-refractivity contribution in [3.63, 3.8) is 0 Å². The molecule has 1 aromatic carbocycles. The molecule has 107 valence electrons. The summed E-state index contributed by atoms with van der Waals surface area (Å²) in [4.78, 5) is 0.0254. The van der Waals surface area contributed by atoms with Gasteiger partial charge in [0.1, 0.15) is 0 Å². The van der Waals surface area contributed by atoms with Crippen molar-refractivity contribution in [1.82, 2.24) is 0 Å². The Balaban J connectivity index is 1.79. The van der Waals surface area contributed by atoms with E-state index in [1.54, 1.807) is 6.07 Å². The van der Waals surface area contributed by atoms with E-state index in [4.69, 9.17) is 0 Å². The molecule has 1 radical (unpaired) electrons. The fourth-order valence-electron chi connectivity index (χ4n) is 5.42. The Morgan fingerprint density at radius 1 is 0.850 bits per heavy atom. The average Bonchev–Trinajstić information content (AvgIpc) is 2.36. The SMILES string of the molecule is [O]S(=O)(=O)c1ccccc1C1C2CC3CC(C2)CC1C3. The summed E-state index contributed by atoms with van der Waals surface area (Å²) in [6.07, 6.45) is 6.28. The molecule has 4 aliphatic carbocycles. The maximum atomic E-state index is 11.5. The van der Waals surface area contributed by atoms with Gasteiger partial charge >= 0.3 is 10.1 Å². The topological polar surface area (TPSA) is 54.0 Å². The average molecular weight is 291 g/mol. The second-order valence-electron chi connectivity index (χ2n) is 6.95. The van der Waals surface area contributed by atoms with Gasteiger partial charge in [-0.1, -0.05) is 22.8 Å². The van der Waals surface area contributed by atoms with Crippen LogP contribution in [0.15, 0.2) is 29.2 Å². The third-order valence-electron chi connectivity index (χ3n) is 5.77. The molecule has 0 heterocycles. The molecule has 4 aliphatic rings. The van der Waals surface area contributed by atoms with Gasteiger partial charge in [0.15, 0.2) is 0 Å². The molecule has 0 saturated heterocycles. The third kappa shape index (κ3) is 1.92. The fourth-order valence-corrected chi connectivity index (χ4v) is 6.15. The van der Waals surface area contributed by atoms with Gasteiger partial charge in [-0.3, -0.25) is 0 Å². The van der Waals surface area contributed by atoms with E-state index in [2.05, 4.69) is 0 Å². The first kappa shape index (κ1) is 12.8. The van der Waals surface area contributed by atoms with E-state index in [1.165, 1.54) is 38.2 Å². The first-order valence-corrected chi connectivity index (χ1v) is 8.98. The van der Waals surface area contributed by atoms with Gasteiger partial charge in [0, 0.05) is 0 Å². The van der Waals surface area contributed by atoms with Crippen molar-refractivity contribution in [3.8, 4) is 0 Å². The van der Waals surface area contributed by atoms with E-state index in [0.29, 0.717) is 17.8 Å². The molecule has 0 atom stereocenters. The van der Waals surface area contributed by atoms with Crippen molar-refractivity contribution < 1.29 is 13.0 Å². The molecule has 0 spiro atoms. The van der Waals surface area contributed by atoms with Crippen molar-refractivity contribution in [2.45, 2.75) is 42.9 Å². The summed E-state index contributed by atoms with van der Waals surface area (Å²) in [5, 5.41) is 0. The van der Waals surface area contributed by atoms with Crippen molar-refractivity contribution in [2.24, 2.45) is 23.7 Å². The third-order valence-corrected chi connectivity index (χ3v) is 6.68. The predicted octanol–water partition coefficient (Wildman–Crippen LogP) is 3.35. The number of benzene rings is 1. The van der Waals surface area contributed by atoms with Crippen molar-refractivity contribution in [2.75, 3.05) is 0 Å². The highest BCUT2D eigenvalue weighted by Gasteiger charge is 2.49. The first-order valence-electron chi connectivity index (χ1n) is 7.57. The van der Waals surface area contributed by atoms with Crippen LogP contribution in [0.5, 0.6) is 0 Å². The van der Waals surface area contributed by atoms with Crippen LogP contribution in [0.4, 0.5) is 0 Å². The van der Waals surface area contributed by atoms with Crippen LogP contribution in [0.3, 0.4) is 0 Å². The van der Waals surface area contributed by atoms with Crippen molar-refractivity contribution in [3.05, 3.63) is 29.8 Å². The van der Waals surface area contributed by atoms with Gasteiger partial charge in [-0.15, -0.1) is 0 Å². The Morgan fingerprint density at radius 2 is 1.40 bits per heavy atom. The minimum atomic E-state index is -4.37. The van der Waals surface area contributed by atoms with Gasteiger partial charge in [-0.25, -0.2) is 0 Å². The molecule has 0 aliphatic heterocycles. The Morgan fingerprint density at radius 3 is 1.95 bits per heavy atom. The Kier molecular flexibility index (Phi) is 2.77. The lowest BCUT2D eigenvalue weighted by molar-refractivity contribution is -0.00369. The molecule has 0 unspecified atom stereocenters. The standard InChI is InChI=1S/C16H19O3S/c17-20(18,19)15-4-2-1-3-14(15)16-12-6-10-5-11(8-12)9-13(16)7-10/h1-4,10-13,16H,5-9H2. The summed E-state index contributed by atoms with van der Waals surface area (Å²) in [5.41, 5.74) is 0.802. The van der Waals surface area contributed by atoms with Crippen LogP contribution < -0.4 is 0 Å². The van der Waals surface area contributed by atoms with Crippen LogP contribution in [0, 0.1) is 23.7 Å². The van der Waals surface area contributed by atoms with Gasteiger partial charge in [-0.2, -0.15) is 8.42 Å². The quantitative estimate of drug-likeness (QED) is 0.839. The summed E-state index contributed by atoms with van der Waals surface area (Å²) in [5.74, 6) is 3.18. The van der Waals surface area contributed by atoms with Crippen LogP contribution >= 0.6 is 0 Å². The van der Waals surface area contributed by atoms with E-state index >= 15 is 0 Å². The van der Waals surface area contributed by atoms with Crippen molar-refractivity contribution >= 4 is 10.1 Å². The zero-order valence-electron chi connectivity index (χ0n) is 11.4. The smallest absolute Gasteiger partial charge is 0.192 e. The molecule has 4 saturated carbocycles. The summed E-state index contributed by atoms with van der Waals surface area (Å²) in [7, 11) is -4.37. The summed E-state index contributed by atoms with van der Waals surface area (Å²) in [6.45, 7) is 0. The fraction of sp³-hybridized carbons (Fsp3) is 0.625. The predicted molar refractivity (Wildman–Crippen MR) is 74.1 cm³/mol. The van der Waals surface area contributed by atoms with E-state index in [9.17, 15) is 13.0 Å². The van der Waals surface area contributed by atoms with Crippen LogP contribution in [-0.2, 0) is 14.7 Å². The molecule has 4 fully saturated rings. The molecule has 3 nitrogen and oxygen atoms in total. The van der Waals surface area contributed by atoms with E-state index in [0.717, 1.165) is 17.4 Å². The van der Waals surface area contributed by atoms with Gasteiger partial charge in [0.2, 0.25) is 0 Å². The summed E-state index contributed by atoms with van der Waals surface area (Å²) < 4.78 is 34.6. The maximum Gasteiger partial charge on any atom is 0.324 e. The monoisotopic (exact) mass is 291 g/mol. The molecule has 0 amide bonds. The van der Waals surface area contributed by atoms with Crippen LogP contribution in [0.1, 0.15) is 43.6 Å². The second kappa shape index (κ2) is 4.31. The number of rotatable bonds is 2. The molecule has 5 rings (SSSR count). The van der Waals surface area contributed by atoms with Gasteiger partial charge in [0.25, 0.3) is 0 Å². The van der Waals surface area contributed by atoms with Crippen molar-refractivity contribution in [1.29, 1.82) is 0 Å². The van der Waals surface area contributed by atoms with Gasteiger partial charge in [-0.05, 0) is 73.3 Å². The number of hydrogen-bond donors (Lipinski definition) is 0. The van der Waals surface area contributed by atoms with Crippen LogP contribution in [0.25, 0.3) is 0 Å². The molecular weight excluding hydrogens is 272 g/mol. The molecule has 0 N–H and O–H groups in total. The molecule has 1 aromatic rings. The first-order chi connectivity index (χ1) is 9.52. The highest BCUT2D eigenvalue weighted by molar-refractivity contribution is 7.85. The van der Waals surface area contributed by atoms with E-state index < -0.39 is 10.1 Å². The molecule has 4 bridgehead atoms. The normalized spacial score (nSPS) is 39.1. The van der Waals surface area contributed by atoms with Gasteiger partial charge in [0.05, 0.1) is 4.90 Å². The Bertz CT molecular complexity index is 607. The summed E-state index contributed by atoms with van der Waals surface area (Å²) >= 11 is 0.